The standard InChI is InChI=1S/C18H14O8.C14H19Cl2NO2/c19-13(11-7-3-1-4-8-11)18(17(24)25,14(20)15(21)22)26-16(23)12-9-5-2-6-10-12;1-17-6-3-4-11(17)5-7-19-13-9-10(15)8-12(16)14(13)18-2/h1-10,14,20H,(H,21,22)(H,24,25);8-9,11H,3-7H2,1-2H3. The first-order chi connectivity index (χ1) is 21.4. The molecule has 0 aliphatic carbocycles. The fourth-order valence-electron chi connectivity index (χ4n) is 4.73. The normalized spacial score (nSPS) is 16.3. The first kappa shape index (κ1) is 35.3. The van der Waals surface area contributed by atoms with E-state index in [2.05, 4.69) is 11.9 Å². The molecule has 11 nitrogen and oxygen atoms in total. The van der Waals surface area contributed by atoms with Gasteiger partial charge in [-0.2, -0.15) is 0 Å². The van der Waals surface area contributed by atoms with Crippen molar-refractivity contribution >= 4 is 46.9 Å². The molecule has 3 N–H and O–H groups in total. The van der Waals surface area contributed by atoms with Gasteiger partial charge < -0.3 is 34.4 Å². The minimum atomic E-state index is -3.35. The summed E-state index contributed by atoms with van der Waals surface area (Å²) in [6, 6.07) is 17.9. The number of aliphatic hydroxyl groups excluding tert-OH is 1. The summed E-state index contributed by atoms with van der Waals surface area (Å²) < 4.78 is 15.8. The molecular formula is C32H33Cl2NO10. The highest BCUT2D eigenvalue weighted by Gasteiger charge is 2.59. The maximum Gasteiger partial charge on any atom is 0.360 e. The molecule has 3 atom stereocenters. The molecule has 1 aliphatic heterocycles. The fourth-order valence-corrected chi connectivity index (χ4v) is 5.28. The van der Waals surface area contributed by atoms with E-state index in [1.807, 2.05) is 0 Å². The van der Waals surface area contributed by atoms with Gasteiger partial charge in [-0.05, 0) is 51.1 Å². The number of rotatable bonds is 12. The molecule has 240 valence electrons. The zero-order valence-electron chi connectivity index (χ0n) is 24.5. The van der Waals surface area contributed by atoms with Crippen LogP contribution >= 0.6 is 23.2 Å². The van der Waals surface area contributed by atoms with E-state index in [0.717, 1.165) is 6.42 Å². The van der Waals surface area contributed by atoms with Crippen molar-refractivity contribution in [1.29, 1.82) is 0 Å². The van der Waals surface area contributed by atoms with Crippen LogP contribution in [0.25, 0.3) is 0 Å². The van der Waals surface area contributed by atoms with Gasteiger partial charge in [-0.15, -0.1) is 0 Å². The Labute approximate surface area is 269 Å². The number of esters is 1. The summed E-state index contributed by atoms with van der Waals surface area (Å²) in [7, 11) is 3.74. The lowest BCUT2D eigenvalue weighted by Crippen LogP contribution is -2.61. The SMILES string of the molecule is COc1c(Cl)cc(Cl)cc1OCCC1CCCN1C.O=C(OC(C(=O)O)(C(=O)c1ccccc1)C(O)C(=O)O)c1ccccc1. The Morgan fingerprint density at radius 1 is 0.978 bits per heavy atom. The van der Waals surface area contributed by atoms with Crippen molar-refractivity contribution in [2.45, 2.75) is 37.0 Å². The minimum absolute atomic E-state index is 0.114. The number of hydrogen-bond donors (Lipinski definition) is 3. The first-order valence-electron chi connectivity index (χ1n) is 13.8. The number of carbonyl (C=O) groups excluding carboxylic acids is 2. The number of carbonyl (C=O) groups is 4. The van der Waals surface area contributed by atoms with Crippen molar-refractivity contribution in [1.82, 2.24) is 4.90 Å². The molecule has 0 radical (unpaired) electrons. The third-order valence-corrected chi connectivity index (χ3v) is 7.63. The van der Waals surface area contributed by atoms with Crippen molar-refractivity contribution in [2.75, 3.05) is 27.3 Å². The van der Waals surface area contributed by atoms with Gasteiger partial charge in [-0.1, -0.05) is 71.7 Å². The van der Waals surface area contributed by atoms with Gasteiger partial charge in [0.25, 0.3) is 0 Å². The Hall–Kier alpha value is -4.16. The number of methoxy groups -OCH3 is 1. The number of ketones is 1. The smallest absolute Gasteiger partial charge is 0.360 e. The molecule has 1 aliphatic rings. The van der Waals surface area contributed by atoms with Crippen LogP contribution < -0.4 is 9.47 Å². The zero-order chi connectivity index (χ0) is 33.1. The third-order valence-electron chi connectivity index (χ3n) is 7.13. The number of carboxylic acids is 2. The van der Waals surface area contributed by atoms with Crippen molar-refractivity contribution in [3.05, 3.63) is 94.0 Å². The Morgan fingerprint density at radius 3 is 2.09 bits per heavy atom. The predicted octanol–water partition coefficient (Wildman–Crippen LogP) is 4.86. The Morgan fingerprint density at radius 2 is 1.58 bits per heavy atom. The van der Waals surface area contributed by atoms with Gasteiger partial charge in [0.1, 0.15) is 0 Å². The maximum atomic E-state index is 12.7. The van der Waals surface area contributed by atoms with Crippen LogP contribution in [-0.2, 0) is 14.3 Å². The van der Waals surface area contributed by atoms with Crippen LogP contribution in [0.3, 0.4) is 0 Å². The number of hydrogen-bond acceptors (Lipinski definition) is 9. The molecule has 0 amide bonds. The number of halogens is 2. The highest BCUT2D eigenvalue weighted by atomic mass is 35.5. The van der Waals surface area contributed by atoms with E-state index in [9.17, 15) is 29.4 Å². The van der Waals surface area contributed by atoms with Gasteiger partial charge >= 0.3 is 23.5 Å². The van der Waals surface area contributed by atoms with Gasteiger partial charge in [0, 0.05) is 22.7 Å². The Bertz CT molecular complexity index is 1490. The van der Waals surface area contributed by atoms with Crippen LogP contribution in [0.15, 0.2) is 72.8 Å². The summed E-state index contributed by atoms with van der Waals surface area (Å²) in [5.74, 6) is -5.61. The summed E-state index contributed by atoms with van der Waals surface area (Å²) in [5.41, 5.74) is -3.70. The summed E-state index contributed by atoms with van der Waals surface area (Å²) in [6.07, 6.45) is 0.699. The van der Waals surface area contributed by atoms with Gasteiger partial charge in [-0.25, -0.2) is 14.4 Å². The summed E-state index contributed by atoms with van der Waals surface area (Å²) in [5, 5.41) is 29.6. The highest BCUT2D eigenvalue weighted by Crippen LogP contribution is 2.38. The van der Waals surface area contributed by atoms with Crippen LogP contribution in [0.2, 0.25) is 10.0 Å². The number of likely N-dealkylation sites (tertiary alicyclic amines) is 1. The lowest BCUT2D eigenvalue weighted by molar-refractivity contribution is -0.176. The molecule has 3 unspecified atom stereocenters. The van der Waals surface area contributed by atoms with Gasteiger partial charge in [-0.3, -0.25) is 4.79 Å². The first-order valence-corrected chi connectivity index (χ1v) is 14.6. The van der Waals surface area contributed by atoms with E-state index in [1.54, 1.807) is 31.4 Å². The van der Waals surface area contributed by atoms with Crippen molar-refractivity contribution in [3.8, 4) is 11.5 Å². The molecule has 1 heterocycles. The lowest BCUT2D eigenvalue weighted by atomic mass is 9.87. The summed E-state index contributed by atoms with van der Waals surface area (Å²) in [6.45, 7) is 1.82. The zero-order valence-corrected chi connectivity index (χ0v) is 26.0. The lowest BCUT2D eigenvalue weighted by Gasteiger charge is -2.30. The second-order valence-corrected chi connectivity index (χ2v) is 10.9. The number of benzene rings is 3. The minimum Gasteiger partial charge on any atom is -0.491 e. The number of Topliss-reactive ketones (excluding diaryl/α,β-unsaturated/α-hetero) is 1. The number of aliphatic carboxylic acids is 2. The van der Waals surface area contributed by atoms with E-state index < -0.39 is 35.4 Å². The van der Waals surface area contributed by atoms with Crippen LogP contribution in [-0.4, -0.2) is 89.0 Å². The largest absolute Gasteiger partial charge is 0.491 e. The van der Waals surface area contributed by atoms with Crippen molar-refractivity contribution in [2.24, 2.45) is 0 Å². The molecule has 3 aromatic rings. The number of aliphatic hydroxyl groups is 1. The number of nitrogens with zero attached hydrogens (tertiary/aromatic N) is 1. The molecule has 1 fully saturated rings. The highest BCUT2D eigenvalue weighted by molar-refractivity contribution is 6.35. The Balaban J connectivity index is 0.000000257. The second-order valence-electron chi connectivity index (χ2n) is 10.1. The van der Waals surface area contributed by atoms with E-state index in [-0.39, 0.29) is 11.1 Å². The van der Waals surface area contributed by atoms with E-state index >= 15 is 0 Å². The molecule has 0 saturated carbocycles. The molecule has 0 aromatic heterocycles. The van der Waals surface area contributed by atoms with Gasteiger partial charge in [0.2, 0.25) is 11.9 Å². The topological polar surface area (TPSA) is 160 Å². The molecule has 13 heteroatoms. The maximum absolute atomic E-state index is 12.7. The molecule has 4 rings (SSSR count). The molecular weight excluding hydrogens is 629 g/mol. The number of carboxylic acid groups (broad SMARTS) is 2. The molecule has 1 saturated heterocycles. The molecule has 0 spiro atoms. The molecule has 0 bridgehead atoms. The third kappa shape index (κ3) is 8.73. The van der Waals surface area contributed by atoms with Gasteiger partial charge in [0.05, 0.1) is 24.3 Å². The van der Waals surface area contributed by atoms with Gasteiger partial charge in [0.15, 0.2) is 11.5 Å². The van der Waals surface area contributed by atoms with E-state index in [4.69, 9.17) is 42.5 Å². The van der Waals surface area contributed by atoms with E-state index in [0.29, 0.717) is 34.2 Å². The number of ether oxygens (including phenoxy) is 3. The van der Waals surface area contributed by atoms with Crippen LogP contribution in [0, 0.1) is 0 Å². The van der Waals surface area contributed by atoms with Crippen molar-refractivity contribution < 1.29 is 48.7 Å². The van der Waals surface area contributed by atoms with Crippen LogP contribution in [0.4, 0.5) is 0 Å². The summed E-state index contributed by atoms with van der Waals surface area (Å²) >= 11 is 12.0. The average molecular weight is 663 g/mol. The van der Waals surface area contributed by atoms with Crippen molar-refractivity contribution in [3.63, 3.8) is 0 Å². The summed E-state index contributed by atoms with van der Waals surface area (Å²) in [4.78, 5) is 50.5. The van der Waals surface area contributed by atoms with Crippen LogP contribution in [0.1, 0.15) is 40.0 Å². The fraction of sp³-hybridized carbons (Fsp3) is 0.312. The average Bonchev–Trinajstić information content (AvgIpc) is 3.44. The van der Waals surface area contributed by atoms with Crippen LogP contribution in [0.5, 0.6) is 11.5 Å². The Kier molecular flexibility index (Phi) is 12.7. The monoisotopic (exact) mass is 661 g/mol. The molecule has 3 aromatic carbocycles. The van der Waals surface area contributed by atoms with E-state index in [1.165, 1.54) is 67.9 Å². The molecule has 45 heavy (non-hydrogen) atoms. The predicted molar refractivity (Wildman–Crippen MR) is 165 cm³/mol. The second kappa shape index (κ2) is 16.2. The quantitative estimate of drug-likeness (QED) is 0.138.